The Kier molecular flexibility index (Phi) is 3.68. The van der Waals surface area contributed by atoms with E-state index in [0.29, 0.717) is 17.3 Å². The second kappa shape index (κ2) is 5.04. The standard InChI is InChI=1S/C17H30O2/c1-16(2)8-5-6-14(16)15(18)13-7-11-19-17(12-13)9-3-4-10-17/h13-15,18H,3-12H2,1-2H3. The van der Waals surface area contributed by atoms with Crippen molar-refractivity contribution in [2.24, 2.45) is 17.3 Å². The molecule has 0 aromatic carbocycles. The van der Waals surface area contributed by atoms with Gasteiger partial charge in [-0.05, 0) is 55.8 Å². The highest BCUT2D eigenvalue weighted by atomic mass is 16.5. The quantitative estimate of drug-likeness (QED) is 0.821. The fourth-order valence-corrected chi connectivity index (χ4v) is 5.04. The molecule has 110 valence electrons. The van der Waals surface area contributed by atoms with E-state index in [9.17, 15) is 5.11 Å². The van der Waals surface area contributed by atoms with Crippen molar-refractivity contribution in [3.63, 3.8) is 0 Å². The maximum absolute atomic E-state index is 10.9. The van der Waals surface area contributed by atoms with Gasteiger partial charge in [0.15, 0.2) is 0 Å². The zero-order valence-corrected chi connectivity index (χ0v) is 12.7. The highest BCUT2D eigenvalue weighted by molar-refractivity contribution is 4.97. The highest BCUT2D eigenvalue weighted by Gasteiger charge is 2.46. The molecule has 1 heterocycles. The van der Waals surface area contributed by atoms with Gasteiger partial charge in [-0.3, -0.25) is 0 Å². The van der Waals surface area contributed by atoms with Gasteiger partial charge in [0.05, 0.1) is 11.7 Å². The number of hydrogen-bond donors (Lipinski definition) is 1. The predicted octanol–water partition coefficient (Wildman–Crippen LogP) is 3.91. The molecule has 19 heavy (non-hydrogen) atoms. The third-order valence-electron chi connectivity index (χ3n) is 6.28. The summed E-state index contributed by atoms with van der Waals surface area (Å²) < 4.78 is 6.11. The average Bonchev–Trinajstić information content (AvgIpc) is 2.95. The van der Waals surface area contributed by atoms with Crippen molar-refractivity contribution < 1.29 is 9.84 Å². The first-order chi connectivity index (χ1) is 9.03. The maximum atomic E-state index is 10.9. The Balaban J connectivity index is 1.68. The summed E-state index contributed by atoms with van der Waals surface area (Å²) in [6, 6.07) is 0. The zero-order chi connectivity index (χ0) is 13.5. The predicted molar refractivity (Wildman–Crippen MR) is 77.0 cm³/mol. The molecule has 3 unspecified atom stereocenters. The van der Waals surface area contributed by atoms with Gasteiger partial charge in [-0.1, -0.05) is 33.1 Å². The number of aliphatic hydroxyl groups excluding tert-OH is 1. The summed E-state index contributed by atoms with van der Waals surface area (Å²) in [6.45, 7) is 5.56. The van der Waals surface area contributed by atoms with E-state index in [0.717, 1.165) is 19.4 Å². The Morgan fingerprint density at radius 1 is 1.05 bits per heavy atom. The van der Waals surface area contributed by atoms with E-state index in [1.165, 1.54) is 44.9 Å². The molecule has 1 spiro atoms. The summed E-state index contributed by atoms with van der Waals surface area (Å²) in [7, 11) is 0. The smallest absolute Gasteiger partial charge is 0.0686 e. The number of aliphatic hydroxyl groups is 1. The highest BCUT2D eigenvalue weighted by Crippen LogP contribution is 2.49. The molecule has 1 aliphatic heterocycles. The van der Waals surface area contributed by atoms with Gasteiger partial charge in [0.25, 0.3) is 0 Å². The number of ether oxygens (including phenoxy) is 1. The van der Waals surface area contributed by atoms with E-state index in [-0.39, 0.29) is 11.7 Å². The molecule has 2 saturated carbocycles. The molecular formula is C17H30O2. The SMILES string of the molecule is CC1(C)CCCC1C(O)C1CCOC2(CCCC2)C1. The van der Waals surface area contributed by atoms with Gasteiger partial charge in [-0.25, -0.2) is 0 Å². The third kappa shape index (κ3) is 2.58. The molecule has 1 N–H and O–H groups in total. The Morgan fingerprint density at radius 2 is 1.79 bits per heavy atom. The van der Waals surface area contributed by atoms with Crippen LogP contribution in [0.4, 0.5) is 0 Å². The van der Waals surface area contributed by atoms with E-state index >= 15 is 0 Å². The second-order valence-electron chi connectivity index (χ2n) is 7.97. The zero-order valence-electron chi connectivity index (χ0n) is 12.7. The molecule has 3 fully saturated rings. The van der Waals surface area contributed by atoms with E-state index in [4.69, 9.17) is 4.74 Å². The van der Waals surface area contributed by atoms with Crippen LogP contribution in [-0.4, -0.2) is 23.4 Å². The van der Waals surface area contributed by atoms with Crippen molar-refractivity contribution in [2.45, 2.75) is 83.3 Å². The van der Waals surface area contributed by atoms with E-state index in [1.54, 1.807) is 0 Å². The van der Waals surface area contributed by atoms with Crippen molar-refractivity contribution >= 4 is 0 Å². The lowest BCUT2D eigenvalue weighted by Gasteiger charge is -2.43. The fourth-order valence-electron chi connectivity index (χ4n) is 5.04. The van der Waals surface area contributed by atoms with Crippen molar-refractivity contribution in [2.75, 3.05) is 6.61 Å². The van der Waals surface area contributed by atoms with Gasteiger partial charge in [0, 0.05) is 6.61 Å². The topological polar surface area (TPSA) is 29.5 Å². The van der Waals surface area contributed by atoms with Crippen LogP contribution in [0.15, 0.2) is 0 Å². The van der Waals surface area contributed by atoms with Crippen LogP contribution in [0.25, 0.3) is 0 Å². The average molecular weight is 266 g/mol. The number of rotatable bonds is 2. The normalized spacial score (nSPS) is 38.7. The first kappa shape index (κ1) is 13.9. The molecule has 0 radical (unpaired) electrons. The van der Waals surface area contributed by atoms with Gasteiger partial charge in [0.2, 0.25) is 0 Å². The van der Waals surface area contributed by atoms with Gasteiger partial charge in [-0.15, -0.1) is 0 Å². The number of hydrogen-bond acceptors (Lipinski definition) is 2. The minimum atomic E-state index is -0.0983. The minimum absolute atomic E-state index is 0.0983. The lowest BCUT2D eigenvalue weighted by Crippen LogP contribution is -2.44. The van der Waals surface area contributed by atoms with Gasteiger partial charge in [0.1, 0.15) is 0 Å². The third-order valence-corrected chi connectivity index (χ3v) is 6.28. The summed E-state index contributed by atoms with van der Waals surface area (Å²) in [5.41, 5.74) is 0.479. The van der Waals surface area contributed by atoms with Crippen molar-refractivity contribution in [1.29, 1.82) is 0 Å². The van der Waals surface area contributed by atoms with Gasteiger partial charge in [-0.2, -0.15) is 0 Å². The van der Waals surface area contributed by atoms with Crippen molar-refractivity contribution in [3.05, 3.63) is 0 Å². The summed E-state index contributed by atoms with van der Waals surface area (Å²) in [4.78, 5) is 0. The lowest BCUT2D eigenvalue weighted by molar-refractivity contribution is -0.125. The van der Waals surface area contributed by atoms with Crippen LogP contribution < -0.4 is 0 Å². The minimum Gasteiger partial charge on any atom is -0.393 e. The largest absolute Gasteiger partial charge is 0.393 e. The Labute approximate surface area is 117 Å². The summed E-state index contributed by atoms with van der Waals surface area (Å²) in [5, 5.41) is 10.9. The second-order valence-corrected chi connectivity index (χ2v) is 7.97. The maximum Gasteiger partial charge on any atom is 0.0686 e. The molecule has 0 aromatic rings. The van der Waals surface area contributed by atoms with E-state index < -0.39 is 0 Å². The molecule has 0 bridgehead atoms. The Morgan fingerprint density at radius 3 is 2.42 bits per heavy atom. The molecule has 0 amide bonds. The van der Waals surface area contributed by atoms with Crippen LogP contribution in [0.1, 0.15) is 71.6 Å². The van der Waals surface area contributed by atoms with E-state index in [2.05, 4.69) is 13.8 Å². The Bertz CT molecular complexity index is 317. The molecule has 3 atom stereocenters. The van der Waals surface area contributed by atoms with Crippen LogP contribution >= 0.6 is 0 Å². The molecule has 2 aliphatic carbocycles. The van der Waals surface area contributed by atoms with Crippen LogP contribution in [0.5, 0.6) is 0 Å². The van der Waals surface area contributed by atoms with Crippen molar-refractivity contribution in [3.8, 4) is 0 Å². The summed E-state index contributed by atoms with van der Waals surface area (Å²) in [5.74, 6) is 0.989. The first-order valence-electron chi connectivity index (χ1n) is 8.35. The van der Waals surface area contributed by atoms with Crippen molar-refractivity contribution in [1.82, 2.24) is 0 Å². The molecule has 3 rings (SSSR count). The van der Waals surface area contributed by atoms with Crippen LogP contribution in [0.2, 0.25) is 0 Å². The van der Waals surface area contributed by atoms with E-state index in [1.807, 2.05) is 0 Å². The fraction of sp³-hybridized carbons (Fsp3) is 1.00. The molecule has 2 heteroatoms. The molecule has 0 aromatic heterocycles. The summed E-state index contributed by atoms with van der Waals surface area (Å²) in [6.07, 6.45) is 11.0. The molecule has 3 aliphatic rings. The van der Waals surface area contributed by atoms with Crippen LogP contribution in [0.3, 0.4) is 0 Å². The molecule has 2 nitrogen and oxygen atoms in total. The van der Waals surface area contributed by atoms with Crippen LogP contribution in [-0.2, 0) is 4.74 Å². The van der Waals surface area contributed by atoms with Gasteiger partial charge >= 0.3 is 0 Å². The summed E-state index contributed by atoms with van der Waals surface area (Å²) >= 11 is 0. The first-order valence-corrected chi connectivity index (χ1v) is 8.35. The molecule has 1 saturated heterocycles. The van der Waals surface area contributed by atoms with Gasteiger partial charge < -0.3 is 9.84 Å². The monoisotopic (exact) mass is 266 g/mol. The molecular weight excluding hydrogens is 236 g/mol. The van der Waals surface area contributed by atoms with Crippen LogP contribution in [0, 0.1) is 17.3 Å². The lowest BCUT2D eigenvalue weighted by atomic mass is 9.71. The Hall–Kier alpha value is -0.0800.